The highest BCUT2D eigenvalue weighted by atomic mass is 16.5. The summed E-state index contributed by atoms with van der Waals surface area (Å²) < 4.78 is 5.51. The lowest BCUT2D eigenvalue weighted by molar-refractivity contribution is -0.125. The van der Waals surface area contributed by atoms with E-state index in [1.807, 2.05) is 6.92 Å². The van der Waals surface area contributed by atoms with Gasteiger partial charge in [-0.15, -0.1) is 0 Å². The summed E-state index contributed by atoms with van der Waals surface area (Å²) in [7, 11) is 1.66. The van der Waals surface area contributed by atoms with Crippen LogP contribution in [0.5, 0.6) is 5.75 Å². The molecule has 0 saturated heterocycles. The maximum Gasteiger partial charge on any atom is 0.267 e. The molecule has 0 radical (unpaired) electrons. The van der Waals surface area contributed by atoms with Crippen molar-refractivity contribution in [3.63, 3.8) is 0 Å². The van der Waals surface area contributed by atoms with Crippen molar-refractivity contribution in [2.45, 2.75) is 32.8 Å². The minimum absolute atomic E-state index is 0.131. The summed E-state index contributed by atoms with van der Waals surface area (Å²) in [5, 5.41) is 2.66. The zero-order valence-corrected chi connectivity index (χ0v) is 13.0. The third-order valence-corrected chi connectivity index (χ3v) is 3.58. The molecule has 0 saturated carbocycles. The topological polar surface area (TPSA) is 75.7 Å². The Morgan fingerprint density at radius 3 is 2.73 bits per heavy atom. The first kappa shape index (κ1) is 16.0. The second kappa shape index (κ2) is 6.60. The molecule has 0 aromatic heterocycles. The van der Waals surface area contributed by atoms with Crippen LogP contribution in [0.25, 0.3) is 0 Å². The molecule has 118 valence electrons. The van der Waals surface area contributed by atoms with Gasteiger partial charge in [0.25, 0.3) is 5.91 Å². The lowest BCUT2D eigenvalue weighted by atomic mass is 10.0. The molecule has 0 bridgehead atoms. The molecule has 1 heterocycles. The number of rotatable bonds is 5. The lowest BCUT2D eigenvalue weighted by Crippen LogP contribution is -2.42. The van der Waals surface area contributed by atoms with Gasteiger partial charge in [0, 0.05) is 32.0 Å². The molecule has 0 fully saturated rings. The molecule has 2 amide bonds. The number of likely N-dealkylation sites (N-methyl/N-ethyl adjacent to an activating group) is 1. The second-order valence-electron chi connectivity index (χ2n) is 5.22. The van der Waals surface area contributed by atoms with Crippen molar-refractivity contribution in [1.29, 1.82) is 0 Å². The molecule has 1 unspecified atom stereocenters. The van der Waals surface area contributed by atoms with Crippen molar-refractivity contribution in [2.24, 2.45) is 0 Å². The van der Waals surface area contributed by atoms with Gasteiger partial charge >= 0.3 is 0 Å². The van der Waals surface area contributed by atoms with Gasteiger partial charge < -0.3 is 15.0 Å². The number of benzene rings is 1. The van der Waals surface area contributed by atoms with E-state index in [9.17, 15) is 14.4 Å². The third-order valence-electron chi connectivity index (χ3n) is 3.58. The Morgan fingerprint density at radius 2 is 2.05 bits per heavy atom. The van der Waals surface area contributed by atoms with Gasteiger partial charge in [-0.1, -0.05) is 0 Å². The van der Waals surface area contributed by atoms with Gasteiger partial charge in [-0.05, 0) is 32.0 Å². The number of ether oxygens (including phenoxy) is 1. The minimum Gasteiger partial charge on any atom is -0.479 e. The number of carbonyl (C=O) groups is 3. The maximum atomic E-state index is 12.2. The molecule has 0 spiro atoms. The van der Waals surface area contributed by atoms with Gasteiger partial charge in [0.05, 0.1) is 5.69 Å². The van der Waals surface area contributed by atoms with E-state index >= 15 is 0 Å². The van der Waals surface area contributed by atoms with Gasteiger partial charge in [0.2, 0.25) is 5.91 Å². The van der Waals surface area contributed by atoms with Crippen molar-refractivity contribution >= 4 is 23.3 Å². The number of nitrogens with zero attached hydrogens (tertiary/aromatic N) is 1. The SMILES string of the molecule is CCNC(=O)CCC(=O)c1ccc2c(c1)N(C)C(=O)C(C)O2. The van der Waals surface area contributed by atoms with Crippen molar-refractivity contribution in [3.05, 3.63) is 23.8 Å². The van der Waals surface area contributed by atoms with Crippen LogP contribution >= 0.6 is 0 Å². The summed E-state index contributed by atoms with van der Waals surface area (Å²) in [6.07, 6.45) is -0.234. The van der Waals surface area contributed by atoms with Crippen LogP contribution in [-0.2, 0) is 9.59 Å². The predicted molar refractivity (Wildman–Crippen MR) is 82.2 cm³/mol. The van der Waals surface area contributed by atoms with Gasteiger partial charge in [-0.2, -0.15) is 0 Å². The first-order valence-electron chi connectivity index (χ1n) is 7.32. The van der Waals surface area contributed by atoms with E-state index in [1.165, 1.54) is 4.90 Å². The summed E-state index contributed by atoms with van der Waals surface area (Å²) in [5.41, 5.74) is 1.05. The molecule has 2 rings (SSSR count). The number of nitrogens with one attached hydrogen (secondary N) is 1. The number of carbonyl (C=O) groups excluding carboxylic acids is 3. The largest absolute Gasteiger partial charge is 0.479 e. The third kappa shape index (κ3) is 3.27. The average molecular weight is 304 g/mol. The Bertz CT molecular complexity index is 612. The van der Waals surface area contributed by atoms with Gasteiger partial charge in [0.15, 0.2) is 11.9 Å². The number of hydrogen-bond acceptors (Lipinski definition) is 4. The molecule has 1 atom stereocenters. The number of ketones is 1. The average Bonchev–Trinajstić information content (AvgIpc) is 2.50. The molecular weight excluding hydrogens is 284 g/mol. The van der Waals surface area contributed by atoms with E-state index in [1.54, 1.807) is 32.2 Å². The molecule has 6 nitrogen and oxygen atoms in total. The van der Waals surface area contributed by atoms with E-state index in [2.05, 4.69) is 5.32 Å². The number of amides is 2. The predicted octanol–water partition coefficient (Wildman–Crippen LogP) is 1.53. The van der Waals surface area contributed by atoms with E-state index in [4.69, 9.17) is 4.74 Å². The molecule has 1 aromatic carbocycles. The Balaban J connectivity index is 2.12. The Morgan fingerprint density at radius 1 is 1.32 bits per heavy atom. The van der Waals surface area contributed by atoms with E-state index < -0.39 is 6.10 Å². The smallest absolute Gasteiger partial charge is 0.267 e. The van der Waals surface area contributed by atoms with Crippen LogP contribution in [0.15, 0.2) is 18.2 Å². The number of fused-ring (bicyclic) bond motifs is 1. The molecule has 1 aliphatic heterocycles. The van der Waals surface area contributed by atoms with Gasteiger partial charge in [-0.25, -0.2) is 0 Å². The Hall–Kier alpha value is -2.37. The van der Waals surface area contributed by atoms with Gasteiger partial charge in [-0.3, -0.25) is 14.4 Å². The first-order valence-corrected chi connectivity index (χ1v) is 7.32. The van der Waals surface area contributed by atoms with E-state index in [0.29, 0.717) is 23.5 Å². The van der Waals surface area contributed by atoms with Crippen LogP contribution in [0, 0.1) is 0 Å². The Labute approximate surface area is 129 Å². The zero-order valence-electron chi connectivity index (χ0n) is 13.0. The van der Waals surface area contributed by atoms with Crippen LogP contribution in [-0.4, -0.2) is 37.3 Å². The number of anilines is 1. The van der Waals surface area contributed by atoms with Crippen molar-refractivity contribution in [3.8, 4) is 5.75 Å². The number of Topliss-reactive ketones (excluding diaryl/α,β-unsaturated/α-hetero) is 1. The fraction of sp³-hybridized carbons (Fsp3) is 0.438. The highest BCUT2D eigenvalue weighted by Crippen LogP contribution is 2.34. The van der Waals surface area contributed by atoms with Crippen LogP contribution in [0.3, 0.4) is 0 Å². The molecule has 1 aromatic rings. The van der Waals surface area contributed by atoms with Crippen molar-refractivity contribution in [1.82, 2.24) is 5.32 Å². The van der Waals surface area contributed by atoms with Crippen LogP contribution in [0.1, 0.15) is 37.0 Å². The van der Waals surface area contributed by atoms with Crippen LogP contribution in [0.4, 0.5) is 5.69 Å². The maximum absolute atomic E-state index is 12.2. The molecular formula is C16H20N2O4. The summed E-state index contributed by atoms with van der Waals surface area (Å²) in [4.78, 5) is 37.0. The van der Waals surface area contributed by atoms with E-state index in [0.717, 1.165) is 0 Å². The van der Waals surface area contributed by atoms with Crippen molar-refractivity contribution < 1.29 is 19.1 Å². The first-order chi connectivity index (χ1) is 10.4. The summed E-state index contributed by atoms with van der Waals surface area (Å²) in [5.74, 6) is 0.154. The number of hydrogen-bond donors (Lipinski definition) is 1. The normalized spacial score (nSPS) is 16.8. The fourth-order valence-electron chi connectivity index (χ4n) is 2.34. The van der Waals surface area contributed by atoms with Crippen molar-refractivity contribution in [2.75, 3.05) is 18.5 Å². The molecule has 22 heavy (non-hydrogen) atoms. The monoisotopic (exact) mass is 304 g/mol. The highest BCUT2D eigenvalue weighted by molar-refractivity contribution is 6.03. The highest BCUT2D eigenvalue weighted by Gasteiger charge is 2.29. The molecule has 6 heteroatoms. The standard InChI is InChI=1S/C16H20N2O4/c1-4-17-15(20)8-6-13(19)11-5-7-14-12(9-11)18(3)16(21)10(2)22-14/h5,7,9-10H,4,6,8H2,1-3H3,(H,17,20). The summed E-state index contributed by atoms with van der Waals surface area (Å²) in [6.45, 7) is 4.07. The Kier molecular flexibility index (Phi) is 4.80. The van der Waals surface area contributed by atoms with E-state index in [-0.39, 0.29) is 30.4 Å². The fourth-order valence-corrected chi connectivity index (χ4v) is 2.34. The molecule has 1 aliphatic rings. The summed E-state index contributed by atoms with van der Waals surface area (Å²) in [6, 6.07) is 4.99. The van der Waals surface area contributed by atoms with Crippen LogP contribution < -0.4 is 15.0 Å². The minimum atomic E-state index is -0.531. The van der Waals surface area contributed by atoms with Crippen LogP contribution in [0.2, 0.25) is 0 Å². The lowest BCUT2D eigenvalue weighted by Gasteiger charge is -2.30. The molecule has 0 aliphatic carbocycles. The second-order valence-corrected chi connectivity index (χ2v) is 5.22. The molecule has 1 N–H and O–H groups in total. The summed E-state index contributed by atoms with van der Waals surface area (Å²) >= 11 is 0. The quantitative estimate of drug-likeness (QED) is 0.837. The zero-order chi connectivity index (χ0) is 16.3. The van der Waals surface area contributed by atoms with Gasteiger partial charge in [0.1, 0.15) is 5.75 Å².